The maximum Gasteiger partial charge on any atom is 0.0845 e. The molecule has 48 valence electrons. The Balaban J connectivity index is 2.90. The molecule has 3 heteroatoms. The summed E-state index contributed by atoms with van der Waals surface area (Å²) in [7, 11) is 0. The van der Waals surface area contributed by atoms with Crippen molar-refractivity contribution in [2.45, 2.75) is 26.3 Å². The minimum absolute atomic E-state index is 0.0208. The molecule has 0 saturated carbocycles. The van der Waals surface area contributed by atoms with Gasteiger partial charge in [-0.15, -0.1) is 0 Å². The third-order valence-corrected chi connectivity index (χ3v) is 0.975. The van der Waals surface area contributed by atoms with Crippen LogP contribution in [0.4, 0.5) is 0 Å². The fourth-order valence-corrected chi connectivity index (χ4v) is 0.461. The van der Waals surface area contributed by atoms with Crippen LogP contribution in [-0.2, 0) is 5.54 Å². The van der Waals surface area contributed by atoms with Gasteiger partial charge >= 0.3 is 0 Å². The molecule has 0 fully saturated rings. The van der Waals surface area contributed by atoms with Crippen LogP contribution >= 0.6 is 0 Å². The summed E-state index contributed by atoms with van der Waals surface area (Å²) in [4.78, 5) is 0. The molecule has 1 aromatic heterocycles. The third-order valence-electron chi connectivity index (χ3n) is 0.975. The largest absolute Gasteiger partial charge is 0.196 e. The second-order valence-electron chi connectivity index (χ2n) is 2.90. The zero-order valence-electron chi connectivity index (χ0n) is 5.84. The van der Waals surface area contributed by atoms with E-state index in [-0.39, 0.29) is 5.54 Å². The Hall–Kier alpha value is -1.04. The fraction of sp³-hybridized carbons (Fsp3) is 0.667. The van der Waals surface area contributed by atoms with E-state index in [9.17, 15) is 0 Å². The molecule has 0 aliphatic rings. The lowest BCUT2D eigenvalue weighted by Crippen LogP contribution is -2.22. The Morgan fingerprint density at radius 1 is 1.33 bits per heavy atom. The van der Waals surface area contributed by atoms with Gasteiger partial charge in [0.1, 0.15) is 0 Å². The van der Waals surface area contributed by atoms with E-state index in [1.54, 1.807) is 4.68 Å². The van der Waals surface area contributed by atoms with Crippen LogP contribution in [0.15, 0.2) is 0 Å². The second-order valence-corrected chi connectivity index (χ2v) is 2.90. The highest BCUT2D eigenvalue weighted by Crippen LogP contribution is 2.07. The number of hydrogen-bond acceptors (Lipinski definition) is 2. The Labute approximate surface area is 54.7 Å². The van der Waals surface area contributed by atoms with Crippen molar-refractivity contribution in [2.24, 2.45) is 0 Å². The van der Waals surface area contributed by atoms with Gasteiger partial charge in [-0.2, -0.15) is 4.68 Å². The quantitative estimate of drug-likeness (QED) is 0.506. The normalized spacial score (nSPS) is 11.0. The van der Waals surface area contributed by atoms with Gasteiger partial charge < -0.3 is 0 Å². The van der Waals surface area contributed by atoms with Gasteiger partial charge in [0.2, 0.25) is 0 Å². The van der Waals surface area contributed by atoms with E-state index < -0.39 is 0 Å². The molecule has 9 heavy (non-hydrogen) atoms. The molecule has 0 N–H and O–H groups in total. The van der Waals surface area contributed by atoms with Crippen LogP contribution in [0.25, 0.3) is 0 Å². The zero-order chi connectivity index (χ0) is 6.91. The van der Waals surface area contributed by atoms with E-state index in [4.69, 9.17) is 0 Å². The summed E-state index contributed by atoms with van der Waals surface area (Å²) in [5.41, 5.74) is -0.0208. The average Bonchev–Trinajstić information content (AvgIpc) is 2.08. The van der Waals surface area contributed by atoms with Crippen molar-refractivity contribution in [2.75, 3.05) is 0 Å². The monoisotopic (exact) mass is 123 g/mol. The first kappa shape index (κ1) is 6.09. The van der Waals surface area contributed by atoms with Crippen LogP contribution < -0.4 is 0 Å². The Kier molecular flexibility index (Phi) is 1.17. The average molecular weight is 123 g/mol. The first-order valence-corrected chi connectivity index (χ1v) is 2.82. The molecule has 0 saturated heterocycles. The van der Waals surface area contributed by atoms with Crippen LogP contribution in [0.5, 0.6) is 0 Å². The zero-order valence-corrected chi connectivity index (χ0v) is 5.84. The summed E-state index contributed by atoms with van der Waals surface area (Å²) < 4.78 is 1.65. The van der Waals surface area contributed by atoms with Crippen molar-refractivity contribution < 1.29 is 0 Å². The van der Waals surface area contributed by atoms with E-state index in [0.717, 1.165) is 0 Å². The minimum atomic E-state index is -0.0208. The first-order chi connectivity index (χ1) is 4.11. The predicted molar refractivity (Wildman–Crippen MR) is 32.7 cm³/mol. The molecule has 3 nitrogen and oxygen atoms in total. The standard InChI is InChI=1S/C6H9N3/c1-6(2,3)9-5-4-7-8-9/h1-3H3. The second kappa shape index (κ2) is 1.73. The Morgan fingerprint density at radius 2 is 2.00 bits per heavy atom. The smallest absolute Gasteiger partial charge is 0.0845 e. The molecular weight excluding hydrogens is 114 g/mol. The molecule has 0 amide bonds. The molecule has 0 aromatic carbocycles. The van der Waals surface area contributed by atoms with E-state index in [0.29, 0.717) is 0 Å². The summed E-state index contributed by atoms with van der Waals surface area (Å²) in [5, 5.41) is 7.26. The number of rotatable bonds is 0. The predicted octanol–water partition coefficient (Wildman–Crippen LogP) is 0.633. The van der Waals surface area contributed by atoms with Crippen molar-refractivity contribution in [3.05, 3.63) is 12.4 Å². The van der Waals surface area contributed by atoms with Crippen LogP contribution in [0, 0.1) is 12.4 Å². The highest BCUT2D eigenvalue weighted by Gasteiger charge is 2.12. The van der Waals surface area contributed by atoms with E-state index in [1.165, 1.54) is 0 Å². The molecule has 0 aliphatic carbocycles. The molecule has 0 aliphatic heterocycles. The maximum atomic E-state index is 3.74. The summed E-state index contributed by atoms with van der Waals surface area (Å²) in [5.74, 6) is 0. The highest BCUT2D eigenvalue weighted by atomic mass is 15.4. The van der Waals surface area contributed by atoms with Gasteiger partial charge in [-0.3, -0.25) is 0 Å². The van der Waals surface area contributed by atoms with Gasteiger partial charge in [-0.05, 0) is 26.0 Å². The summed E-state index contributed by atoms with van der Waals surface area (Å²) in [6.07, 6.45) is 5.26. The van der Waals surface area contributed by atoms with Crippen molar-refractivity contribution in [3.8, 4) is 0 Å². The van der Waals surface area contributed by atoms with E-state index in [1.807, 2.05) is 20.8 Å². The molecule has 0 atom stereocenters. The molecule has 0 spiro atoms. The van der Waals surface area contributed by atoms with Crippen molar-refractivity contribution in [1.82, 2.24) is 15.0 Å². The van der Waals surface area contributed by atoms with Crippen molar-refractivity contribution in [3.63, 3.8) is 0 Å². The van der Waals surface area contributed by atoms with Gasteiger partial charge in [0, 0.05) is 0 Å². The number of nitrogens with zero attached hydrogens (tertiary/aromatic N) is 3. The third kappa shape index (κ3) is 1.20. The van der Waals surface area contributed by atoms with E-state index >= 15 is 0 Å². The SMILES string of the molecule is CC(C)(C)n1c#cnn1. The van der Waals surface area contributed by atoms with Crippen molar-refractivity contribution in [1.29, 1.82) is 0 Å². The summed E-state index contributed by atoms with van der Waals surface area (Å²) in [6.45, 7) is 6.10. The molecule has 1 aromatic rings. The molecule has 1 heterocycles. The molecule has 1 rings (SSSR count). The van der Waals surface area contributed by atoms with Gasteiger partial charge in [-0.25, -0.2) is 0 Å². The molecular formula is C6H9N3. The maximum absolute atomic E-state index is 3.74. The topological polar surface area (TPSA) is 30.7 Å². The van der Waals surface area contributed by atoms with E-state index in [2.05, 4.69) is 22.7 Å². The highest BCUT2D eigenvalue weighted by molar-refractivity contribution is 4.66. The van der Waals surface area contributed by atoms with Crippen LogP contribution in [0.3, 0.4) is 0 Å². The Bertz CT molecular complexity index is 171. The molecule has 0 radical (unpaired) electrons. The van der Waals surface area contributed by atoms with Gasteiger partial charge in [-0.1, -0.05) is 5.10 Å². The lowest BCUT2D eigenvalue weighted by molar-refractivity contribution is 0.344. The first-order valence-electron chi connectivity index (χ1n) is 2.82. The lowest BCUT2D eigenvalue weighted by Gasteiger charge is -2.14. The van der Waals surface area contributed by atoms with Gasteiger partial charge in [0.15, 0.2) is 0 Å². The number of hydrogen-bond donors (Lipinski definition) is 0. The molecule has 0 bridgehead atoms. The van der Waals surface area contributed by atoms with Gasteiger partial charge in [0.25, 0.3) is 0 Å². The minimum Gasteiger partial charge on any atom is -0.196 e. The van der Waals surface area contributed by atoms with Crippen LogP contribution in [0.2, 0.25) is 0 Å². The Morgan fingerprint density at radius 3 is 2.22 bits per heavy atom. The lowest BCUT2D eigenvalue weighted by atomic mass is 10.1. The van der Waals surface area contributed by atoms with Gasteiger partial charge in [0.05, 0.1) is 17.9 Å². The van der Waals surface area contributed by atoms with Crippen LogP contribution in [0.1, 0.15) is 20.8 Å². The van der Waals surface area contributed by atoms with Crippen molar-refractivity contribution >= 4 is 0 Å². The summed E-state index contributed by atoms with van der Waals surface area (Å²) in [6, 6.07) is 0. The number of aromatic nitrogens is 3. The fourth-order valence-electron chi connectivity index (χ4n) is 0.461. The molecule has 0 unspecified atom stereocenters. The summed E-state index contributed by atoms with van der Waals surface area (Å²) >= 11 is 0. The van der Waals surface area contributed by atoms with Crippen LogP contribution in [-0.4, -0.2) is 15.0 Å².